The van der Waals surface area contributed by atoms with Gasteiger partial charge in [-0.3, -0.25) is 14.4 Å². The number of carboxylic acids is 1. The Morgan fingerprint density at radius 3 is 2.65 bits per heavy atom. The smallest absolute Gasteiger partial charge is 0.323 e. The van der Waals surface area contributed by atoms with Crippen molar-refractivity contribution in [3.8, 4) is 0 Å². The third-order valence-electron chi connectivity index (χ3n) is 3.00. The molecule has 1 saturated heterocycles. The van der Waals surface area contributed by atoms with Gasteiger partial charge in [-0.2, -0.15) is 0 Å². The first-order valence-corrected chi connectivity index (χ1v) is 5.77. The van der Waals surface area contributed by atoms with Gasteiger partial charge < -0.3 is 15.3 Å². The molecule has 0 aromatic carbocycles. The molecular formula is C11H18N2O4. The summed E-state index contributed by atoms with van der Waals surface area (Å²) >= 11 is 0. The normalized spacial score (nSPS) is 20.8. The van der Waals surface area contributed by atoms with Crippen molar-refractivity contribution in [1.29, 1.82) is 0 Å². The average molecular weight is 242 g/mol. The minimum atomic E-state index is -1.04. The number of amides is 2. The number of rotatable bonds is 5. The summed E-state index contributed by atoms with van der Waals surface area (Å²) in [6.07, 6.45) is 1.46. The van der Waals surface area contributed by atoms with Crippen LogP contribution in [0.4, 0.5) is 0 Å². The van der Waals surface area contributed by atoms with Crippen LogP contribution in [0.2, 0.25) is 0 Å². The number of carbonyl (C=O) groups is 3. The summed E-state index contributed by atoms with van der Waals surface area (Å²) in [6.45, 7) is 3.37. The minimum absolute atomic E-state index is 0.142. The topological polar surface area (TPSA) is 86.7 Å². The molecule has 2 atom stereocenters. The summed E-state index contributed by atoms with van der Waals surface area (Å²) in [7, 11) is 0. The largest absolute Gasteiger partial charge is 0.480 e. The summed E-state index contributed by atoms with van der Waals surface area (Å²) in [5.41, 5.74) is 0. The maximum Gasteiger partial charge on any atom is 0.323 e. The summed E-state index contributed by atoms with van der Waals surface area (Å²) in [5.74, 6) is -1.49. The van der Waals surface area contributed by atoms with Crippen LogP contribution < -0.4 is 5.32 Å². The zero-order chi connectivity index (χ0) is 13.0. The molecule has 2 N–H and O–H groups in total. The van der Waals surface area contributed by atoms with E-state index in [1.165, 1.54) is 4.90 Å². The number of carbonyl (C=O) groups excluding carboxylic acids is 2. The molecule has 1 fully saturated rings. The van der Waals surface area contributed by atoms with Crippen molar-refractivity contribution < 1.29 is 19.5 Å². The summed E-state index contributed by atoms with van der Waals surface area (Å²) in [4.78, 5) is 35.2. The van der Waals surface area contributed by atoms with Gasteiger partial charge in [-0.05, 0) is 19.8 Å². The van der Waals surface area contributed by atoms with Crippen LogP contribution in [0.25, 0.3) is 0 Å². The second-order valence-electron chi connectivity index (χ2n) is 4.28. The van der Waals surface area contributed by atoms with Crippen molar-refractivity contribution in [1.82, 2.24) is 10.2 Å². The van der Waals surface area contributed by atoms with E-state index in [0.717, 1.165) is 0 Å². The van der Waals surface area contributed by atoms with Crippen molar-refractivity contribution in [3.63, 3.8) is 0 Å². The average Bonchev–Trinajstić information content (AvgIpc) is 2.70. The van der Waals surface area contributed by atoms with Gasteiger partial charge in [0.1, 0.15) is 12.6 Å². The third kappa shape index (κ3) is 3.44. The molecule has 0 bridgehead atoms. The van der Waals surface area contributed by atoms with Gasteiger partial charge >= 0.3 is 5.97 Å². The molecule has 0 radical (unpaired) electrons. The lowest BCUT2D eigenvalue weighted by Gasteiger charge is -2.29. The van der Waals surface area contributed by atoms with Crippen molar-refractivity contribution in [2.45, 2.75) is 45.2 Å². The van der Waals surface area contributed by atoms with Crippen molar-refractivity contribution >= 4 is 17.8 Å². The summed E-state index contributed by atoms with van der Waals surface area (Å²) in [5, 5.41) is 11.4. The molecule has 1 rings (SSSR count). The third-order valence-corrected chi connectivity index (χ3v) is 3.00. The van der Waals surface area contributed by atoms with Crippen LogP contribution in [0, 0.1) is 0 Å². The Morgan fingerprint density at radius 1 is 1.59 bits per heavy atom. The minimum Gasteiger partial charge on any atom is -0.480 e. The first kappa shape index (κ1) is 13.5. The molecule has 2 amide bonds. The molecule has 1 heterocycles. The molecular weight excluding hydrogens is 224 g/mol. The highest BCUT2D eigenvalue weighted by Gasteiger charge is 2.33. The van der Waals surface area contributed by atoms with Gasteiger partial charge in [0.2, 0.25) is 11.8 Å². The van der Waals surface area contributed by atoms with Gasteiger partial charge in [0.15, 0.2) is 0 Å². The summed E-state index contributed by atoms with van der Waals surface area (Å²) in [6, 6.07) is -0.702. The zero-order valence-electron chi connectivity index (χ0n) is 10.1. The fourth-order valence-electron chi connectivity index (χ4n) is 1.82. The molecule has 1 aliphatic heterocycles. The van der Waals surface area contributed by atoms with E-state index in [4.69, 9.17) is 5.11 Å². The molecule has 0 saturated carbocycles. The molecule has 1 aliphatic rings. The molecule has 96 valence electrons. The van der Waals surface area contributed by atoms with E-state index in [1.807, 2.05) is 6.92 Å². The predicted octanol–water partition coefficient (Wildman–Crippen LogP) is -0.0233. The van der Waals surface area contributed by atoms with E-state index in [0.29, 0.717) is 19.3 Å². The quantitative estimate of drug-likeness (QED) is 0.709. The molecule has 0 aromatic heterocycles. The Balaban J connectivity index is 2.71. The maximum absolute atomic E-state index is 12.1. The molecule has 0 aliphatic carbocycles. The van der Waals surface area contributed by atoms with Gasteiger partial charge in [0.05, 0.1) is 0 Å². The monoisotopic (exact) mass is 242 g/mol. The zero-order valence-corrected chi connectivity index (χ0v) is 10.1. The van der Waals surface area contributed by atoms with Crippen molar-refractivity contribution in [3.05, 3.63) is 0 Å². The lowest BCUT2D eigenvalue weighted by molar-refractivity contribution is -0.147. The van der Waals surface area contributed by atoms with Crippen LogP contribution in [0.3, 0.4) is 0 Å². The van der Waals surface area contributed by atoms with Crippen molar-refractivity contribution in [2.75, 3.05) is 6.54 Å². The van der Waals surface area contributed by atoms with Crippen LogP contribution in [0.15, 0.2) is 0 Å². The molecule has 6 nitrogen and oxygen atoms in total. The fraction of sp³-hybridized carbons (Fsp3) is 0.727. The van der Waals surface area contributed by atoms with E-state index in [-0.39, 0.29) is 24.4 Å². The maximum atomic E-state index is 12.1. The Bertz CT molecular complexity index is 329. The van der Waals surface area contributed by atoms with Crippen molar-refractivity contribution in [2.24, 2.45) is 0 Å². The summed E-state index contributed by atoms with van der Waals surface area (Å²) < 4.78 is 0. The SMILES string of the molecule is CCC(C)N(CC(=O)O)C(=O)[C@@H]1CCC(=O)N1. The van der Waals surface area contributed by atoms with E-state index in [9.17, 15) is 14.4 Å². The lowest BCUT2D eigenvalue weighted by atomic mass is 10.1. The van der Waals surface area contributed by atoms with E-state index < -0.39 is 12.0 Å². The van der Waals surface area contributed by atoms with Crippen LogP contribution in [-0.4, -0.2) is 46.4 Å². The van der Waals surface area contributed by atoms with Gasteiger partial charge in [-0.25, -0.2) is 0 Å². The van der Waals surface area contributed by atoms with Crippen LogP contribution in [0.1, 0.15) is 33.1 Å². The lowest BCUT2D eigenvalue weighted by Crippen LogP contribution is -2.49. The molecule has 17 heavy (non-hydrogen) atoms. The molecule has 6 heteroatoms. The number of aliphatic carboxylic acids is 1. The van der Waals surface area contributed by atoms with Gasteiger partial charge in [-0.15, -0.1) is 0 Å². The highest BCUT2D eigenvalue weighted by Crippen LogP contribution is 2.13. The Morgan fingerprint density at radius 2 is 2.24 bits per heavy atom. The highest BCUT2D eigenvalue weighted by molar-refractivity contribution is 5.92. The number of nitrogens with one attached hydrogen (secondary N) is 1. The Kier molecular flexibility index (Phi) is 4.48. The first-order valence-electron chi connectivity index (χ1n) is 5.77. The van der Waals surface area contributed by atoms with Gasteiger partial charge in [-0.1, -0.05) is 6.92 Å². The molecule has 1 unspecified atom stereocenters. The number of carboxylic acid groups (broad SMARTS) is 1. The van der Waals surface area contributed by atoms with Gasteiger partial charge in [0, 0.05) is 12.5 Å². The Labute approximate surface area is 100.0 Å². The van der Waals surface area contributed by atoms with E-state index >= 15 is 0 Å². The fourth-order valence-corrected chi connectivity index (χ4v) is 1.82. The Hall–Kier alpha value is -1.59. The number of hydrogen-bond acceptors (Lipinski definition) is 3. The van der Waals surface area contributed by atoms with E-state index in [2.05, 4.69) is 5.32 Å². The van der Waals surface area contributed by atoms with Crippen LogP contribution in [-0.2, 0) is 14.4 Å². The van der Waals surface area contributed by atoms with Gasteiger partial charge in [0.25, 0.3) is 0 Å². The number of hydrogen-bond donors (Lipinski definition) is 2. The highest BCUT2D eigenvalue weighted by atomic mass is 16.4. The van der Waals surface area contributed by atoms with E-state index in [1.54, 1.807) is 6.92 Å². The molecule has 0 aromatic rings. The van der Waals surface area contributed by atoms with Crippen LogP contribution in [0.5, 0.6) is 0 Å². The second-order valence-corrected chi connectivity index (χ2v) is 4.28. The second kappa shape index (κ2) is 5.65. The number of nitrogens with zero attached hydrogens (tertiary/aromatic N) is 1. The molecule has 0 spiro atoms. The first-order chi connectivity index (χ1) is 7.95. The standard InChI is InChI=1S/C11H18N2O4/c1-3-7(2)13(6-10(15)16)11(17)8-4-5-9(14)12-8/h7-8H,3-6H2,1-2H3,(H,12,14)(H,15,16)/t7?,8-/m0/s1. The predicted molar refractivity (Wildman–Crippen MR) is 60.3 cm³/mol. The van der Waals surface area contributed by atoms with Crippen LogP contribution >= 0.6 is 0 Å².